The second kappa shape index (κ2) is 2.98. The van der Waals surface area contributed by atoms with Crippen molar-refractivity contribution in [1.29, 1.82) is 0 Å². The number of hydrogen-bond acceptors (Lipinski definition) is 1. The van der Waals surface area contributed by atoms with Crippen LogP contribution in [0.25, 0.3) is 0 Å². The summed E-state index contributed by atoms with van der Waals surface area (Å²) in [5.74, 6) is 1.58. The van der Waals surface area contributed by atoms with Gasteiger partial charge in [0, 0.05) is 5.92 Å². The molecule has 0 radical (unpaired) electrons. The molecule has 0 amide bonds. The number of rotatable bonds is 1. The highest BCUT2D eigenvalue weighted by Gasteiger charge is 2.37. The number of hydrogen-bond donors (Lipinski definition) is 1. The summed E-state index contributed by atoms with van der Waals surface area (Å²) in [5, 5.41) is 9.64. The lowest BCUT2D eigenvalue weighted by Crippen LogP contribution is -2.18. The fourth-order valence-electron chi connectivity index (χ4n) is 2.22. The molecule has 0 aromatic carbocycles. The molecule has 1 N–H and O–H groups in total. The zero-order valence-electron chi connectivity index (χ0n) is 7.67. The van der Waals surface area contributed by atoms with E-state index < -0.39 is 0 Å². The molecule has 1 aliphatic carbocycles. The maximum Gasteiger partial charge on any atom is 0.0610 e. The van der Waals surface area contributed by atoms with Crippen LogP contribution in [0.2, 0.25) is 0 Å². The zero-order valence-corrected chi connectivity index (χ0v) is 7.67. The van der Waals surface area contributed by atoms with Gasteiger partial charge in [-0.25, -0.2) is 0 Å². The van der Waals surface area contributed by atoms with Gasteiger partial charge >= 0.3 is 0 Å². The molecule has 11 heavy (non-hydrogen) atoms. The molecule has 4 atom stereocenters. The van der Waals surface area contributed by atoms with E-state index >= 15 is 0 Å². The molecule has 1 rings (SSSR count). The van der Waals surface area contributed by atoms with Crippen LogP contribution in [0, 0.1) is 17.8 Å². The van der Waals surface area contributed by atoms with E-state index in [0.717, 1.165) is 12.0 Å². The second-order valence-electron chi connectivity index (χ2n) is 4.01. The second-order valence-corrected chi connectivity index (χ2v) is 4.01. The van der Waals surface area contributed by atoms with Crippen molar-refractivity contribution in [3.8, 4) is 0 Å². The first-order valence-corrected chi connectivity index (χ1v) is 4.37. The van der Waals surface area contributed by atoms with Crippen molar-refractivity contribution in [3.63, 3.8) is 0 Å². The molecule has 0 heterocycles. The van der Waals surface area contributed by atoms with Crippen LogP contribution in [-0.2, 0) is 0 Å². The predicted octanol–water partition coefficient (Wildman–Crippen LogP) is 2.22. The molecule has 0 unspecified atom stereocenters. The largest absolute Gasteiger partial charge is 0.392 e. The highest BCUT2D eigenvalue weighted by Crippen LogP contribution is 2.39. The summed E-state index contributed by atoms with van der Waals surface area (Å²) in [7, 11) is 0. The monoisotopic (exact) mass is 154 g/mol. The van der Waals surface area contributed by atoms with Crippen LogP contribution in [0.3, 0.4) is 0 Å². The van der Waals surface area contributed by atoms with Gasteiger partial charge in [0.25, 0.3) is 0 Å². The van der Waals surface area contributed by atoms with E-state index in [4.69, 9.17) is 0 Å². The highest BCUT2D eigenvalue weighted by atomic mass is 16.3. The lowest BCUT2D eigenvalue weighted by molar-refractivity contribution is 0.138. The Morgan fingerprint density at radius 2 is 2.00 bits per heavy atom. The summed E-state index contributed by atoms with van der Waals surface area (Å²) in [6, 6.07) is 0. The average molecular weight is 154 g/mol. The van der Waals surface area contributed by atoms with Crippen LogP contribution >= 0.6 is 0 Å². The lowest BCUT2D eigenvalue weighted by Gasteiger charge is -2.19. The molecule has 64 valence electrons. The summed E-state index contributed by atoms with van der Waals surface area (Å²) in [4.78, 5) is 0. The van der Waals surface area contributed by atoms with Crippen molar-refractivity contribution < 1.29 is 5.11 Å². The SMILES string of the molecule is C=C(C)[C@H]1[C@@H](C)[C@H](C)C[C@@H]1O. The highest BCUT2D eigenvalue weighted by molar-refractivity contribution is 5.06. The van der Waals surface area contributed by atoms with Crippen LogP contribution in [0.4, 0.5) is 0 Å². The van der Waals surface area contributed by atoms with Crippen LogP contribution in [0.1, 0.15) is 27.2 Å². The average Bonchev–Trinajstić information content (AvgIpc) is 2.07. The van der Waals surface area contributed by atoms with Gasteiger partial charge in [-0.05, 0) is 25.2 Å². The van der Waals surface area contributed by atoms with Gasteiger partial charge in [0.15, 0.2) is 0 Å². The maximum atomic E-state index is 9.64. The van der Waals surface area contributed by atoms with Crippen LogP contribution in [0.15, 0.2) is 12.2 Å². The van der Waals surface area contributed by atoms with Gasteiger partial charge in [0.05, 0.1) is 6.10 Å². The summed E-state index contributed by atoms with van der Waals surface area (Å²) < 4.78 is 0. The molecule has 1 aliphatic rings. The molecule has 0 saturated heterocycles. The first-order chi connectivity index (χ1) is 5.04. The Labute approximate surface area is 69.1 Å². The Morgan fingerprint density at radius 1 is 1.45 bits per heavy atom. The smallest absolute Gasteiger partial charge is 0.0610 e. The standard InChI is InChI=1S/C10H18O/c1-6(2)10-8(4)7(3)5-9(10)11/h7-11H,1,5H2,2-4H3/t7-,8+,9+,10+/m1/s1. The molecule has 0 aromatic heterocycles. The minimum absolute atomic E-state index is 0.141. The summed E-state index contributed by atoms with van der Waals surface area (Å²) >= 11 is 0. The summed E-state index contributed by atoms with van der Waals surface area (Å²) in [6.07, 6.45) is 0.802. The Bertz CT molecular complexity index is 162. The van der Waals surface area contributed by atoms with Gasteiger partial charge in [0.1, 0.15) is 0 Å². The van der Waals surface area contributed by atoms with Crippen molar-refractivity contribution in [2.45, 2.75) is 33.3 Å². The Balaban J connectivity index is 2.71. The zero-order chi connectivity index (χ0) is 8.59. The van der Waals surface area contributed by atoms with Gasteiger partial charge in [0.2, 0.25) is 0 Å². The molecule has 0 bridgehead atoms. The van der Waals surface area contributed by atoms with E-state index in [1.807, 2.05) is 6.92 Å². The minimum Gasteiger partial charge on any atom is -0.392 e. The van der Waals surface area contributed by atoms with Crippen molar-refractivity contribution in [3.05, 3.63) is 12.2 Å². The predicted molar refractivity (Wildman–Crippen MR) is 47.3 cm³/mol. The van der Waals surface area contributed by atoms with Gasteiger partial charge in [-0.2, -0.15) is 0 Å². The van der Waals surface area contributed by atoms with Crippen LogP contribution < -0.4 is 0 Å². The van der Waals surface area contributed by atoms with Crippen LogP contribution in [0.5, 0.6) is 0 Å². The first-order valence-electron chi connectivity index (χ1n) is 4.37. The molecule has 1 fully saturated rings. The third-order valence-electron chi connectivity index (χ3n) is 3.06. The van der Waals surface area contributed by atoms with E-state index in [0.29, 0.717) is 17.8 Å². The van der Waals surface area contributed by atoms with Gasteiger partial charge in [-0.1, -0.05) is 26.0 Å². The van der Waals surface area contributed by atoms with Crippen molar-refractivity contribution in [2.75, 3.05) is 0 Å². The third-order valence-corrected chi connectivity index (χ3v) is 3.06. The fourth-order valence-corrected chi connectivity index (χ4v) is 2.22. The van der Waals surface area contributed by atoms with E-state index in [1.54, 1.807) is 0 Å². The van der Waals surface area contributed by atoms with E-state index in [9.17, 15) is 5.11 Å². The van der Waals surface area contributed by atoms with Gasteiger partial charge in [-0.15, -0.1) is 0 Å². The van der Waals surface area contributed by atoms with E-state index in [2.05, 4.69) is 20.4 Å². The Morgan fingerprint density at radius 3 is 2.18 bits per heavy atom. The third kappa shape index (κ3) is 1.48. The van der Waals surface area contributed by atoms with Crippen LogP contribution in [-0.4, -0.2) is 11.2 Å². The van der Waals surface area contributed by atoms with Crippen molar-refractivity contribution >= 4 is 0 Å². The maximum absolute atomic E-state index is 9.64. The Kier molecular flexibility index (Phi) is 2.38. The molecule has 0 aromatic rings. The quantitative estimate of drug-likeness (QED) is 0.574. The normalized spacial score (nSPS) is 44.4. The summed E-state index contributed by atoms with van der Waals surface area (Å²) in [5.41, 5.74) is 1.13. The lowest BCUT2D eigenvalue weighted by atomic mass is 9.87. The first kappa shape index (κ1) is 8.79. The molecule has 1 nitrogen and oxygen atoms in total. The van der Waals surface area contributed by atoms with E-state index in [1.165, 1.54) is 0 Å². The fraction of sp³-hybridized carbons (Fsp3) is 0.800. The topological polar surface area (TPSA) is 20.2 Å². The molecule has 1 saturated carbocycles. The summed E-state index contributed by atoms with van der Waals surface area (Å²) in [6.45, 7) is 10.3. The molecule has 1 heteroatoms. The van der Waals surface area contributed by atoms with Gasteiger partial charge in [-0.3, -0.25) is 0 Å². The number of aliphatic hydroxyl groups excluding tert-OH is 1. The molecular weight excluding hydrogens is 136 g/mol. The van der Waals surface area contributed by atoms with Gasteiger partial charge < -0.3 is 5.11 Å². The van der Waals surface area contributed by atoms with Crippen molar-refractivity contribution in [1.82, 2.24) is 0 Å². The minimum atomic E-state index is -0.141. The van der Waals surface area contributed by atoms with E-state index in [-0.39, 0.29) is 6.10 Å². The van der Waals surface area contributed by atoms with Crippen molar-refractivity contribution in [2.24, 2.45) is 17.8 Å². The Hall–Kier alpha value is -0.300. The molecule has 0 spiro atoms. The molecular formula is C10H18O. The number of aliphatic hydroxyl groups is 1. The molecule has 0 aliphatic heterocycles.